The predicted octanol–water partition coefficient (Wildman–Crippen LogP) is 3.77. The monoisotopic (exact) mass is 424 g/mol. The number of rotatable bonds is 4. The normalized spacial score (nSPS) is 19.0. The molecule has 164 valence electrons. The molecule has 4 rings (SSSR count). The van der Waals surface area contributed by atoms with Crippen LogP contribution in [0.5, 0.6) is 0 Å². The molecule has 1 aromatic heterocycles. The van der Waals surface area contributed by atoms with Gasteiger partial charge in [-0.15, -0.1) is 0 Å². The van der Waals surface area contributed by atoms with Gasteiger partial charge < -0.3 is 4.90 Å². The molecule has 31 heavy (non-hydrogen) atoms. The number of hydrogen-bond acceptors (Lipinski definition) is 4. The van der Waals surface area contributed by atoms with Crippen LogP contribution < -0.4 is 4.90 Å². The summed E-state index contributed by atoms with van der Waals surface area (Å²) in [6, 6.07) is 6.21. The average molecular weight is 425 g/mol. The summed E-state index contributed by atoms with van der Waals surface area (Å²) in [6.45, 7) is 7.54. The van der Waals surface area contributed by atoms with E-state index in [0.717, 1.165) is 36.2 Å². The van der Waals surface area contributed by atoms with Gasteiger partial charge in [-0.05, 0) is 43.9 Å². The molecule has 1 atom stereocenters. The zero-order valence-corrected chi connectivity index (χ0v) is 18.4. The van der Waals surface area contributed by atoms with Crippen LogP contribution in [0.1, 0.15) is 61.7 Å². The summed E-state index contributed by atoms with van der Waals surface area (Å²) in [6.07, 6.45) is 2.88. The highest BCUT2D eigenvalue weighted by Gasteiger charge is 2.32. The molecule has 2 aliphatic heterocycles. The third-order valence-corrected chi connectivity index (χ3v) is 6.20. The number of hydrogen-bond donors (Lipinski definition) is 0. The van der Waals surface area contributed by atoms with Crippen LogP contribution in [0.25, 0.3) is 0 Å². The van der Waals surface area contributed by atoms with E-state index in [9.17, 15) is 14.0 Å². The van der Waals surface area contributed by atoms with Crippen molar-refractivity contribution in [2.24, 2.45) is 5.92 Å². The number of nitrogens with zero attached hydrogens (tertiary/aromatic N) is 4. The van der Waals surface area contributed by atoms with Crippen molar-refractivity contribution in [3.63, 3.8) is 0 Å². The number of benzene rings is 1. The van der Waals surface area contributed by atoms with E-state index in [0.29, 0.717) is 37.6 Å². The number of anilines is 1. The van der Waals surface area contributed by atoms with Gasteiger partial charge in [-0.2, -0.15) is 0 Å². The van der Waals surface area contributed by atoms with Gasteiger partial charge in [-0.1, -0.05) is 26.0 Å². The molecule has 7 heteroatoms. The van der Waals surface area contributed by atoms with Crippen LogP contribution in [0, 0.1) is 18.7 Å². The number of carbonyl (C=O) groups excluding carboxylic acids is 2. The predicted molar refractivity (Wildman–Crippen MR) is 116 cm³/mol. The van der Waals surface area contributed by atoms with E-state index < -0.39 is 0 Å². The van der Waals surface area contributed by atoms with E-state index in [-0.39, 0.29) is 29.5 Å². The van der Waals surface area contributed by atoms with Gasteiger partial charge in [0.2, 0.25) is 11.8 Å². The SMILES string of the molecule is Cc1nc(C2CCCN(C(=O)C(C)C)C2)nc2c1CCC(=O)N2Cc1ccc(F)cc1. The lowest BCUT2D eigenvalue weighted by molar-refractivity contribution is -0.135. The molecular formula is C24H29FN4O2. The fourth-order valence-electron chi connectivity index (χ4n) is 4.47. The first-order chi connectivity index (χ1) is 14.8. The standard InChI is InChI=1S/C24H29FN4O2/c1-15(2)24(31)28-12-4-5-18(14-28)22-26-16(3)20-10-11-21(30)29(23(20)27-22)13-17-6-8-19(25)9-7-17/h6-9,15,18H,4-5,10-14H2,1-3H3. The molecule has 0 saturated carbocycles. The number of fused-ring (bicyclic) bond motifs is 1. The maximum atomic E-state index is 13.3. The highest BCUT2D eigenvalue weighted by Crippen LogP contribution is 2.33. The Hall–Kier alpha value is -2.83. The zero-order valence-electron chi connectivity index (χ0n) is 18.4. The summed E-state index contributed by atoms with van der Waals surface area (Å²) in [4.78, 5) is 38.6. The second-order valence-electron chi connectivity index (χ2n) is 8.85. The summed E-state index contributed by atoms with van der Waals surface area (Å²) < 4.78 is 13.3. The Morgan fingerprint density at radius 1 is 1.19 bits per heavy atom. The van der Waals surface area contributed by atoms with E-state index in [1.807, 2.05) is 25.7 Å². The van der Waals surface area contributed by atoms with Crippen molar-refractivity contribution in [1.82, 2.24) is 14.9 Å². The van der Waals surface area contributed by atoms with E-state index in [4.69, 9.17) is 9.97 Å². The Morgan fingerprint density at radius 3 is 2.65 bits per heavy atom. The van der Waals surface area contributed by atoms with Gasteiger partial charge >= 0.3 is 0 Å². The van der Waals surface area contributed by atoms with Gasteiger partial charge in [0, 0.05) is 42.6 Å². The lowest BCUT2D eigenvalue weighted by Gasteiger charge is -2.34. The molecule has 1 aromatic carbocycles. The number of amides is 2. The third-order valence-electron chi connectivity index (χ3n) is 6.20. The first-order valence-electron chi connectivity index (χ1n) is 11.0. The van der Waals surface area contributed by atoms with E-state index in [1.165, 1.54) is 12.1 Å². The van der Waals surface area contributed by atoms with Gasteiger partial charge in [-0.25, -0.2) is 14.4 Å². The molecule has 0 spiro atoms. The summed E-state index contributed by atoms with van der Waals surface area (Å²) in [5.41, 5.74) is 2.74. The fraction of sp³-hybridized carbons (Fsp3) is 0.500. The molecule has 1 saturated heterocycles. The minimum atomic E-state index is -0.299. The smallest absolute Gasteiger partial charge is 0.228 e. The number of aromatic nitrogens is 2. The number of halogens is 1. The average Bonchev–Trinajstić information content (AvgIpc) is 2.76. The Morgan fingerprint density at radius 2 is 1.94 bits per heavy atom. The molecule has 2 aliphatic rings. The molecule has 1 fully saturated rings. The summed E-state index contributed by atoms with van der Waals surface area (Å²) in [5.74, 6) is 1.27. The first-order valence-corrected chi connectivity index (χ1v) is 11.0. The van der Waals surface area contributed by atoms with Crippen LogP contribution in [0.2, 0.25) is 0 Å². The number of likely N-dealkylation sites (tertiary alicyclic amines) is 1. The number of carbonyl (C=O) groups is 2. The highest BCUT2D eigenvalue weighted by atomic mass is 19.1. The number of aryl methyl sites for hydroxylation is 1. The molecule has 3 heterocycles. The Labute approximate surface area is 182 Å². The maximum absolute atomic E-state index is 13.3. The van der Waals surface area contributed by atoms with Gasteiger partial charge in [0.25, 0.3) is 0 Å². The van der Waals surface area contributed by atoms with Gasteiger partial charge in [0.05, 0.1) is 6.54 Å². The zero-order chi connectivity index (χ0) is 22.1. The van der Waals surface area contributed by atoms with Crippen LogP contribution in [-0.2, 0) is 22.6 Å². The molecule has 0 bridgehead atoms. The largest absolute Gasteiger partial charge is 0.342 e. The molecule has 0 radical (unpaired) electrons. The second-order valence-corrected chi connectivity index (χ2v) is 8.85. The van der Waals surface area contributed by atoms with Gasteiger partial charge in [0.15, 0.2) is 0 Å². The van der Waals surface area contributed by atoms with Crippen molar-refractivity contribution >= 4 is 17.6 Å². The molecule has 2 aromatic rings. The molecule has 0 aliphatic carbocycles. The topological polar surface area (TPSA) is 66.4 Å². The molecule has 2 amide bonds. The maximum Gasteiger partial charge on any atom is 0.228 e. The van der Waals surface area contributed by atoms with Crippen LogP contribution in [-0.4, -0.2) is 39.8 Å². The summed E-state index contributed by atoms with van der Waals surface area (Å²) in [7, 11) is 0. The summed E-state index contributed by atoms with van der Waals surface area (Å²) in [5, 5.41) is 0. The van der Waals surface area contributed by atoms with Crippen molar-refractivity contribution in [2.45, 2.75) is 58.9 Å². The van der Waals surface area contributed by atoms with E-state index >= 15 is 0 Å². The Kier molecular flexibility index (Phi) is 6.03. The van der Waals surface area contributed by atoms with E-state index in [1.54, 1.807) is 17.0 Å². The van der Waals surface area contributed by atoms with Crippen LogP contribution >= 0.6 is 0 Å². The summed E-state index contributed by atoms with van der Waals surface area (Å²) >= 11 is 0. The molecule has 6 nitrogen and oxygen atoms in total. The third kappa shape index (κ3) is 4.45. The van der Waals surface area contributed by atoms with Crippen LogP contribution in [0.4, 0.5) is 10.2 Å². The number of piperidine rings is 1. The molecular weight excluding hydrogens is 395 g/mol. The van der Waals surface area contributed by atoms with Crippen molar-refractivity contribution in [2.75, 3.05) is 18.0 Å². The minimum Gasteiger partial charge on any atom is -0.342 e. The van der Waals surface area contributed by atoms with Crippen molar-refractivity contribution in [1.29, 1.82) is 0 Å². The lowest BCUT2D eigenvalue weighted by atomic mass is 9.95. The van der Waals surface area contributed by atoms with Crippen molar-refractivity contribution in [3.05, 3.63) is 52.7 Å². The quantitative estimate of drug-likeness (QED) is 0.750. The lowest BCUT2D eigenvalue weighted by Crippen LogP contribution is -2.42. The minimum absolute atomic E-state index is 0.0149. The Balaban J connectivity index is 1.64. The van der Waals surface area contributed by atoms with Gasteiger partial charge in [0.1, 0.15) is 17.5 Å². The van der Waals surface area contributed by atoms with Gasteiger partial charge in [-0.3, -0.25) is 14.5 Å². The second kappa shape index (κ2) is 8.73. The van der Waals surface area contributed by atoms with Crippen LogP contribution in [0.15, 0.2) is 24.3 Å². The van der Waals surface area contributed by atoms with Crippen molar-refractivity contribution in [3.8, 4) is 0 Å². The van der Waals surface area contributed by atoms with E-state index in [2.05, 4.69) is 0 Å². The van der Waals surface area contributed by atoms with Crippen molar-refractivity contribution < 1.29 is 14.0 Å². The fourth-order valence-corrected chi connectivity index (χ4v) is 4.47. The Bertz CT molecular complexity index is 990. The molecule has 1 unspecified atom stereocenters. The van der Waals surface area contributed by atoms with Crippen LogP contribution in [0.3, 0.4) is 0 Å². The first kappa shape index (κ1) is 21.4. The highest BCUT2D eigenvalue weighted by molar-refractivity contribution is 5.95. The molecule has 0 N–H and O–H groups in total.